The highest BCUT2D eigenvalue weighted by Gasteiger charge is 2.54. The van der Waals surface area contributed by atoms with Crippen molar-refractivity contribution in [2.45, 2.75) is 24.5 Å². The molecule has 0 spiro atoms. The van der Waals surface area contributed by atoms with Gasteiger partial charge in [-0.05, 0) is 0 Å². The molecule has 0 saturated carbocycles. The van der Waals surface area contributed by atoms with Gasteiger partial charge in [0.2, 0.25) is 0 Å². The zero-order valence-electron chi connectivity index (χ0n) is 10.4. The van der Waals surface area contributed by atoms with Gasteiger partial charge >= 0.3 is 5.69 Å². The molecule has 20 heavy (non-hydrogen) atoms. The largest absolute Gasteiger partial charge is 0.368 e. The minimum Gasteiger partial charge on any atom is -0.368 e. The van der Waals surface area contributed by atoms with Crippen LogP contribution in [0, 0.1) is 0 Å². The average Bonchev–Trinajstić information content (AvgIpc) is 2.84. The number of ether oxygens (including phenoxy) is 2. The van der Waals surface area contributed by atoms with Gasteiger partial charge in [0, 0.05) is 12.3 Å². The van der Waals surface area contributed by atoms with Crippen LogP contribution in [0.25, 0.3) is 0 Å². The van der Waals surface area contributed by atoms with Gasteiger partial charge in [-0.25, -0.2) is 4.79 Å². The van der Waals surface area contributed by atoms with Gasteiger partial charge < -0.3 is 9.47 Å². The number of rotatable bonds is 3. The van der Waals surface area contributed by atoms with Crippen molar-refractivity contribution in [3.8, 4) is 0 Å². The van der Waals surface area contributed by atoms with Gasteiger partial charge in [-0.2, -0.15) is 8.42 Å². The van der Waals surface area contributed by atoms with Crippen molar-refractivity contribution in [2.24, 2.45) is 0 Å². The molecule has 2 aliphatic rings. The fraction of sp³-hybridized carbons (Fsp3) is 0.600. The number of aromatic amines is 1. The highest BCUT2D eigenvalue weighted by molar-refractivity contribution is 7.86. The summed E-state index contributed by atoms with van der Waals surface area (Å²) in [5, 5.41) is 0. The number of hydrogen-bond donors (Lipinski definition) is 1. The van der Waals surface area contributed by atoms with Crippen molar-refractivity contribution < 1.29 is 22.1 Å². The Balaban J connectivity index is 1.91. The Hall–Kier alpha value is -1.49. The molecule has 4 atom stereocenters. The summed E-state index contributed by atoms with van der Waals surface area (Å²) >= 11 is 0. The van der Waals surface area contributed by atoms with Crippen molar-refractivity contribution in [3.63, 3.8) is 0 Å². The molecular formula is C10H12N2O7S. The van der Waals surface area contributed by atoms with Crippen LogP contribution in [0.15, 0.2) is 21.9 Å². The summed E-state index contributed by atoms with van der Waals surface area (Å²) in [6.07, 6.45) is -0.713. The molecular weight excluding hydrogens is 292 g/mol. The van der Waals surface area contributed by atoms with E-state index < -0.39 is 45.9 Å². The second kappa shape index (κ2) is 4.52. The van der Waals surface area contributed by atoms with Crippen molar-refractivity contribution in [3.05, 3.63) is 33.1 Å². The van der Waals surface area contributed by atoms with E-state index in [0.717, 1.165) is 10.8 Å². The van der Waals surface area contributed by atoms with Crippen LogP contribution in [0.5, 0.6) is 0 Å². The lowest BCUT2D eigenvalue weighted by Crippen LogP contribution is -2.38. The predicted molar refractivity (Wildman–Crippen MR) is 64.7 cm³/mol. The van der Waals surface area contributed by atoms with Crippen molar-refractivity contribution in [2.75, 3.05) is 12.9 Å². The van der Waals surface area contributed by atoms with Gasteiger partial charge in [-0.3, -0.25) is 18.5 Å². The van der Waals surface area contributed by atoms with Crippen LogP contribution < -0.4 is 11.2 Å². The molecule has 0 radical (unpaired) electrons. The molecule has 0 aromatic carbocycles. The van der Waals surface area contributed by atoms with Crippen molar-refractivity contribution in [1.82, 2.24) is 9.55 Å². The highest BCUT2D eigenvalue weighted by Crippen LogP contribution is 2.38. The second-order valence-corrected chi connectivity index (χ2v) is 6.25. The minimum atomic E-state index is -3.66. The lowest BCUT2D eigenvalue weighted by atomic mass is 10.2. The van der Waals surface area contributed by atoms with Gasteiger partial charge in [0.05, 0.1) is 12.9 Å². The quantitative estimate of drug-likeness (QED) is 0.653. The van der Waals surface area contributed by atoms with Crippen LogP contribution in [0.3, 0.4) is 0 Å². The van der Waals surface area contributed by atoms with Crippen LogP contribution in [0.1, 0.15) is 6.23 Å². The molecule has 3 heterocycles. The standard InChI is InChI=1S/C10H12N2O7S/c1-20(15,16)19-7-5-4-17-8(7)9(18-5)12-3-2-6(13)11-10(12)14/h2-3,5,7-9H,4H2,1H3,(H,11,13,14)/t5-,7-,8+,9-/m1/s1. The molecule has 2 bridgehead atoms. The maximum absolute atomic E-state index is 11.7. The zero-order valence-corrected chi connectivity index (χ0v) is 11.2. The predicted octanol–water partition coefficient (Wildman–Crippen LogP) is -1.82. The Morgan fingerprint density at radius 3 is 2.85 bits per heavy atom. The lowest BCUT2D eigenvalue weighted by Gasteiger charge is -2.23. The van der Waals surface area contributed by atoms with Crippen LogP contribution in [0.4, 0.5) is 0 Å². The first-order valence-electron chi connectivity index (χ1n) is 5.82. The number of hydrogen-bond acceptors (Lipinski definition) is 7. The molecule has 110 valence electrons. The third kappa shape index (κ3) is 2.30. The van der Waals surface area contributed by atoms with Gasteiger partial charge in [-0.15, -0.1) is 0 Å². The molecule has 0 unspecified atom stereocenters. The van der Waals surface area contributed by atoms with Crippen LogP contribution in [-0.2, 0) is 23.8 Å². The molecule has 1 aromatic rings. The zero-order chi connectivity index (χ0) is 14.5. The normalized spacial score (nSPS) is 32.6. The van der Waals surface area contributed by atoms with Gasteiger partial charge in [0.1, 0.15) is 18.3 Å². The number of fused-ring (bicyclic) bond motifs is 2. The third-order valence-corrected chi connectivity index (χ3v) is 3.72. The number of H-pyrrole nitrogens is 1. The van der Waals surface area contributed by atoms with E-state index in [4.69, 9.17) is 13.7 Å². The van der Waals surface area contributed by atoms with E-state index >= 15 is 0 Å². The maximum Gasteiger partial charge on any atom is 0.330 e. The molecule has 1 aromatic heterocycles. The number of nitrogens with zero attached hydrogens (tertiary/aromatic N) is 1. The molecule has 0 amide bonds. The lowest BCUT2D eigenvalue weighted by molar-refractivity contribution is -0.128. The van der Waals surface area contributed by atoms with Crippen LogP contribution in [0.2, 0.25) is 0 Å². The monoisotopic (exact) mass is 304 g/mol. The Bertz CT molecular complexity index is 736. The SMILES string of the molecule is CS(=O)(=O)O[C@H]1[C@@H]2OC[C@H]1O[C@H]2n1ccc(=O)[nH]c1=O. The van der Waals surface area contributed by atoms with Gasteiger partial charge in [0.15, 0.2) is 6.23 Å². The third-order valence-electron chi connectivity index (χ3n) is 3.15. The Kier molecular flexibility index (Phi) is 3.05. The molecule has 2 fully saturated rings. The minimum absolute atomic E-state index is 0.194. The van der Waals surface area contributed by atoms with Crippen LogP contribution in [-0.4, -0.2) is 49.1 Å². The summed E-state index contributed by atoms with van der Waals surface area (Å²) < 4.78 is 39.5. The molecule has 1 N–H and O–H groups in total. The summed E-state index contributed by atoms with van der Waals surface area (Å²) in [5.74, 6) is 0. The smallest absolute Gasteiger partial charge is 0.330 e. The first-order valence-corrected chi connectivity index (χ1v) is 7.63. The highest BCUT2D eigenvalue weighted by atomic mass is 32.2. The Morgan fingerprint density at radius 2 is 2.20 bits per heavy atom. The average molecular weight is 304 g/mol. The first kappa shape index (κ1) is 13.5. The molecule has 10 heteroatoms. The van der Waals surface area contributed by atoms with Crippen LogP contribution >= 0.6 is 0 Å². The fourth-order valence-corrected chi connectivity index (χ4v) is 3.03. The number of nitrogens with one attached hydrogen (secondary N) is 1. The van der Waals surface area contributed by atoms with E-state index in [1.807, 2.05) is 0 Å². The molecule has 3 rings (SSSR count). The molecule has 2 saturated heterocycles. The van der Waals surface area contributed by atoms with E-state index in [-0.39, 0.29) is 6.61 Å². The van der Waals surface area contributed by atoms with E-state index in [0.29, 0.717) is 0 Å². The topological polar surface area (TPSA) is 117 Å². The summed E-state index contributed by atoms with van der Waals surface area (Å²) in [6.45, 7) is 0.194. The summed E-state index contributed by atoms with van der Waals surface area (Å²) in [7, 11) is -3.66. The van der Waals surface area contributed by atoms with E-state index in [9.17, 15) is 18.0 Å². The fourth-order valence-electron chi connectivity index (χ4n) is 2.40. The maximum atomic E-state index is 11.7. The molecule has 9 nitrogen and oxygen atoms in total. The summed E-state index contributed by atoms with van der Waals surface area (Å²) in [6, 6.07) is 1.17. The Labute approximate surface area is 113 Å². The number of aromatic nitrogens is 2. The molecule has 2 aliphatic heterocycles. The Morgan fingerprint density at radius 1 is 1.45 bits per heavy atom. The summed E-state index contributed by atoms with van der Waals surface area (Å²) in [4.78, 5) is 24.8. The summed E-state index contributed by atoms with van der Waals surface area (Å²) in [5.41, 5.74) is -1.18. The van der Waals surface area contributed by atoms with E-state index in [1.165, 1.54) is 12.3 Å². The van der Waals surface area contributed by atoms with E-state index in [2.05, 4.69) is 4.98 Å². The van der Waals surface area contributed by atoms with Gasteiger partial charge in [0.25, 0.3) is 15.7 Å². The first-order chi connectivity index (χ1) is 9.35. The van der Waals surface area contributed by atoms with Crippen molar-refractivity contribution >= 4 is 10.1 Å². The van der Waals surface area contributed by atoms with Gasteiger partial charge in [-0.1, -0.05) is 0 Å². The van der Waals surface area contributed by atoms with Crippen molar-refractivity contribution in [1.29, 1.82) is 0 Å². The second-order valence-electron chi connectivity index (χ2n) is 4.65. The van der Waals surface area contributed by atoms with E-state index in [1.54, 1.807) is 0 Å². The molecule has 0 aliphatic carbocycles.